The van der Waals surface area contributed by atoms with Crippen molar-refractivity contribution in [2.75, 3.05) is 11.9 Å². The van der Waals surface area contributed by atoms with Crippen LogP contribution in [0.5, 0.6) is 0 Å². The molecule has 150 valence electrons. The summed E-state index contributed by atoms with van der Waals surface area (Å²) in [6, 6.07) is 9.93. The van der Waals surface area contributed by atoms with Gasteiger partial charge in [-0.25, -0.2) is 4.98 Å². The zero-order valence-corrected chi connectivity index (χ0v) is 15.7. The molecule has 0 aliphatic carbocycles. The summed E-state index contributed by atoms with van der Waals surface area (Å²) >= 11 is 0. The molecule has 0 atom stereocenters. The molecule has 0 unspecified atom stereocenters. The zero-order valence-electron chi connectivity index (χ0n) is 15.7. The van der Waals surface area contributed by atoms with Gasteiger partial charge in [-0.1, -0.05) is 18.7 Å². The first-order valence-electron chi connectivity index (χ1n) is 9.02. The van der Waals surface area contributed by atoms with E-state index in [2.05, 4.69) is 27.3 Å². The van der Waals surface area contributed by atoms with Crippen LogP contribution in [0.15, 0.2) is 55.3 Å². The van der Waals surface area contributed by atoms with E-state index >= 15 is 0 Å². The van der Waals surface area contributed by atoms with Crippen LogP contribution in [0.25, 0.3) is 16.9 Å². The van der Waals surface area contributed by atoms with Gasteiger partial charge in [0.25, 0.3) is 5.91 Å². The highest BCUT2D eigenvalue weighted by Crippen LogP contribution is 2.31. The lowest BCUT2D eigenvalue weighted by Gasteiger charge is -2.16. The van der Waals surface area contributed by atoms with Crippen LogP contribution in [-0.2, 0) is 11.2 Å². The molecule has 2 N–H and O–H groups in total. The molecule has 0 bridgehead atoms. The number of nitrogens with zero attached hydrogens (tertiary/aromatic N) is 4. The summed E-state index contributed by atoms with van der Waals surface area (Å²) in [5, 5.41) is 21.0. The number of carbonyl (C=O) groups is 2. The SMILES string of the molecule is C=CC(=O)Nc1cccc(-n2cc(-c3ccc4c(c3)CCNC4=O)c([N+](=O)[O-])n2)n1. The highest BCUT2D eigenvalue weighted by atomic mass is 16.6. The predicted octanol–water partition coefficient (Wildman–Crippen LogP) is 2.25. The van der Waals surface area contributed by atoms with Crippen LogP contribution in [0.4, 0.5) is 11.6 Å². The summed E-state index contributed by atoms with van der Waals surface area (Å²) in [6.45, 7) is 3.90. The molecule has 0 saturated heterocycles. The molecule has 3 heterocycles. The number of nitrogens with one attached hydrogen (secondary N) is 2. The van der Waals surface area contributed by atoms with Gasteiger partial charge in [-0.2, -0.15) is 0 Å². The molecular weight excluding hydrogens is 388 g/mol. The summed E-state index contributed by atoms with van der Waals surface area (Å²) in [4.78, 5) is 38.7. The second-order valence-electron chi connectivity index (χ2n) is 6.52. The average Bonchev–Trinajstić information content (AvgIpc) is 3.20. The third-order valence-electron chi connectivity index (χ3n) is 4.61. The van der Waals surface area contributed by atoms with Crippen LogP contribution >= 0.6 is 0 Å². The fraction of sp³-hybridized carbons (Fsp3) is 0.100. The molecule has 30 heavy (non-hydrogen) atoms. The van der Waals surface area contributed by atoms with Crippen LogP contribution in [0, 0.1) is 10.1 Å². The maximum Gasteiger partial charge on any atom is 0.398 e. The zero-order chi connectivity index (χ0) is 21.3. The minimum atomic E-state index is -0.568. The molecule has 1 aliphatic rings. The summed E-state index contributed by atoms with van der Waals surface area (Å²) in [6.07, 6.45) is 3.26. The minimum absolute atomic E-state index is 0.157. The molecule has 1 aromatic carbocycles. The van der Waals surface area contributed by atoms with Gasteiger partial charge in [-0.15, -0.1) is 4.68 Å². The fourth-order valence-corrected chi connectivity index (χ4v) is 3.21. The van der Waals surface area contributed by atoms with Crippen LogP contribution < -0.4 is 10.6 Å². The van der Waals surface area contributed by atoms with Gasteiger partial charge in [-0.3, -0.25) is 9.59 Å². The molecule has 3 aromatic rings. The fourth-order valence-electron chi connectivity index (χ4n) is 3.21. The Morgan fingerprint density at radius 3 is 2.90 bits per heavy atom. The van der Waals surface area contributed by atoms with Crippen molar-refractivity contribution in [3.8, 4) is 16.9 Å². The van der Waals surface area contributed by atoms with Crippen molar-refractivity contribution in [2.24, 2.45) is 0 Å². The molecule has 2 aromatic heterocycles. The molecule has 2 amide bonds. The second kappa shape index (κ2) is 7.59. The van der Waals surface area contributed by atoms with Gasteiger partial charge in [0, 0.05) is 12.1 Å². The minimum Gasteiger partial charge on any atom is -0.358 e. The van der Waals surface area contributed by atoms with Crippen LogP contribution in [0.2, 0.25) is 0 Å². The number of amides is 2. The van der Waals surface area contributed by atoms with Crippen molar-refractivity contribution < 1.29 is 14.5 Å². The van der Waals surface area contributed by atoms with Crippen molar-refractivity contribution in [3.05, 3.63) is 76.5 Å². The number of anilines is 1. The lowest BCUT2D eigenvalue weighted by molar-refractivity contribution is -0.389. The van der Waals surface area contributed by atoms with Gasteiger partial charge in [0.15, 0.2) is 5.82 Å². The molecule has 4 rings (SSSR count). The van der Waals surface area contributed by atoms with Crippen molar-refractivity contribution >= 4 is 23.5 Å². The standard InChI is InChI=1S/C20H16N6O4/c1-2-18(27)23-16-4-3-5-17(22-16)25-11-15(19(24-25)26(29)30)12-6-7-14-13(10-12)8-9-21-20(14)28/h2-7,10-11H,1,8-9H2,(H,21,28)(H,22,23,27). The van der Waals surface area contributed by atoms with Crippen molar-refractivity contribution in [1.82, 2.24) is 20.1 Å². The molecule has 0 radical (unpaired) electrons. The number of nitro groups is 1. The number of carbonyl (C=O) groups excluding carboxylic acids is 2. The van der Waals surface area contributed by atoms with Crippen molar-refractivity contribution in [1.29, 1.82) is 0 Å². The molecule has 10 heteroatoms. The normalized spacial score (nSPS) is 12.6. The number of aromatic nitrogens is 3. The number of fused-ring (bicyclic) bond motifs is 1. The van der Waals surface area contributed by atoms with Gasteiger partial charge in [0.2, 0.25) is 5.91 Å². The van der Waals surface area contributed by atoms with Crippen LogP contribution in [0.1, 0.15) is 15.9 Å². The molecule has 0 spiro atoms. The van der Waals surface area contributed by atoms with E-state index in [9.17, 15) is 19.7 Å². The Kier molecular flexibility index (Phi) is 4.80. The molecule has 0 saturated carbocycles. The predicted molar refractivity (Wildman–Crippen MR) is 108 cm³/mol. The summed E-state index contributed by atoms with van der Waals surface area (Å²) in [7, 11) is 0. The third kappa shape index (κ3) is 3.53. The third-order valence-corrected chi connectivity index (χ3v) is 4.61. The molecular formula is C20H16N6O4. The molecule has 0 fully saturated rings. The number of hydrogen-bond donors (Lipinski definition) is 2. The molecule has 10 nitrogen and oxygen atoms in total. The first-order valence-corrected chi connectivity index (χ1v) is 9.02. The monoisotopic (exact) mass is 404 g/mol. The number of hydrogen-bond acceptors (Lipinski definition) is 6. The van der Waals surface area contributed by atoms with Crippen molar-refractivity contribution in [3.63, 3.8) is 0 Å². The summed E-state index contributed by atoms with van der Waals surface area (Å²) < 4.78 is 1.28. The van der Waals surface area contributed by atoms with E-state index in [-0.39, 0.29) is 17.5 Å². The van der Waals surface area contributed by atoms with Crippen LogP contribution in [0.3, 0.4) is 0 Å². The Labute approximate surface area is 170 Å². The van der Waals surface area contributed by atoms with E-state index in [1.807, 2.05) is 0 Å². The quantitative estimate of drug-likeness (QED) is 0.381. The first kappa shape index (κ1) is 19.0. The van der Waals surface area contributed by atoms with E-state index in [1.165, 1.54) is 10.9 Å². The highest BCUT2D eigenvalue weighted by Gasteiger charge is 2.25. The van der Waals surface area contributed by atoms with E-state index in [1.54, 1.807) is 36.4 Å². The Balaban J connectivity index is 1.76. The highest BCUT2D eigenvalue weighted by molar-refractivity contribution is 5.98. The van der Waals surface area contributed by atoms with Gasteiger partial charge >= 0.3 is 5.82 Å². The summed E-state index contributed by atoms with van der Waals surface area (Å²) in [5.74, 6) is -0.363. The Hall–Kier alpha value is -4.34. The van der Waals surface area contributed by atoms with Gasteiger partial charge in [0.1, 0.15) is 11.4 Å². The van der Waals surface area contributed by atoms with Gasteiger partial charge in [0.05, 0.1) is 11.3 Å². The number of rotatable bonds is 5. The second-order valence-corrected chi connectivity index (χ2v) is 6.52. The largest absolute Gasteiger partial charge is 0.398 e. The lowest BCUT2D eigenvalue weighted by Crippen LogP contribution is -2.31. The maximum absolute atomic E-state index is 11.9. The maximum atomic E-state index is 11.9. The van der Waals surface area contributed by atoms with Gasteiger partial charge < -0.3 is 20.7 Å². The Bertz CT molecular complexity index is 1200. The van der Waals surface area contributed by atoms with E-state index in [0.29, 0.717) is 35.5 Å². The Morgan fingerprint density at radius 2 is 2.13 bits per heavy atom. The number of pyridine rings is 1. The molecule has 1 aliphatic heterocycles. The van der Waals surface area contributed by atoms with E-state index in [0.717, 1.165) is 11.6 Å². The van der Waals surface area contributed by atoms with Crippen LogP contribution in [-0.4, -0.2) is 38.0 Å². The smallest absolute Gasteiger partial charge is 0.358 e. The van der Waals surface area contributed by atoms with E-state index < -0.39 is 10.8 Å². The number of benzene rings is 1. The van der Waals surface area contributed by atoms with Gasteiger partial charge in [-0.05, 0) is 52.8 Å². The topological polar surface area (TPSA) is 132 Å². The average molecular weight is 404 g/mol. The first-order chi connectivity index (χ1) is 14.5. The Morgan fingerprint density at radius 1 is 1.30 bits per heavy atom. The lowest BCUT2D eigenvalue weighted by atomic mass is 9.96. The summed E-state index contributed by atoms with van der Waals surface area (Å²) in [5.41, 5.74) is 2.27. The van der Waals surface area contributed by atoms with E-state index in [4.69, 9.17) is 0 Å². The van der Waals surface area contributed by atoms with Crippen molar-refractivity contribution in [2.45, 2.75) is 6.42 Å².